The van der Waals surface area contributed by atoms with Crippen LogP contribution in [0.15, 0.2) is 23.1 Å². The van der Waals surface area contributed by atoms with E-state index in [9.17, 15) is 24.0 Å². The van der Waals surface area contributed by atoms with Crippen molar-refractivity contribution >= 4 is 46.8 Å². The average molecular weight is 445 g/mol. The van der Waals surface area contributed by atoms with Gasteiger partial charge in [-0.3, -0.25) is 29.5 Å². The lowest BCUT2D eigenvalue weighted by atomic mass is 9.96. The van der Waals surface area contributed by atoms with Crippen LogP contribution in [0.3, 0.4) is 0 Å². The number of fused-ring (bicyclic) bond motifs is 1. The number of anilines is 1. The minimum absolute atomic E-state index is 0.0429. The third-order valence-electron chi connectivity index (χ3n) is 4.18. The Bertz CT molecular complexity index is 1150. The SMILES string of the molecule is CC(C)(C)C(=O)Nc1nc2ncc(C=CC(=O)N[C@H](CCC(=O)O)C(=O)O)cc2c(=O)[nH]1. The van der Waals surface area contributed by atoms with Gasteiger partial charge in [0.15, 0.2) is 5.65 Å². The van der Waals surface area contributed by atoms with Gasteiger partial charge in [-0.1, -0.05) is 20.8 Å². The molecule has 1 atom stereocenters. The summed E-state index contributed by atoms with van der Waals surface area (Å²) in [7, 11) is 0. The second-order valence-electron chi connectivity index (χ2n) is 7.92. The summed E-state index contributed by atoms with van der Waals surface area (Å²) in [5.74, 6) is -3.67. The number of carbonyl (C=O) groups is 4. The number of aromatic nitrogens is 3. The molecule has 12 heteroatoms. The summed E-state index contributed by atoms with van der Waals surface area (Å²) in [4.78, 5) is 68.8. The van der Waals surface area contributed by atoms with E-state index in [1.165, 1.54) is 18.3 Å². The number of carbonyl (C=O) groups excluding carboxylic acids is 2. The fourth-order valence-corrected chi connectivity index (χ4v) is 2.40. The van der Waals surface area contributed by atoms with Crippen LogP contribution in [0.1, 0.15) is 39.2 Å². The summed E-state index contributed by atoms with van der Waals surface area (Å²) < 4.78 is 0. The topological polar surface area (TPSA) is 191 Å². The molecule has 12 nitrogen and oxygen atoms in total. The number of aliphatic carboxylic acids is 2. The third-order valence-corrected chi connectivity index (χ3v) is 4.18. The molecular formula is C20H23N5O7. The van der Waals surface area contributed by atoms with Crippen molar-refractivity contribution in [1.82, 2.24) is 20.3 Å². The van der Waals surface area contributed by atoms with Crippen LogP contribution in [0.5, 0.6) is 0 Å². The van der Waals surface area contributed by atoms with Gasteiger partial charge in [0.25, 0.3) is 5.56 Å². The van der Waals surface area contributed by atoms with Crippen LogP contribution < -0.4 is 16.2 Å². The summed E-state index contributed by atoms with van der Waals surface area (Å²) in [6.07, 6.45) is 3.01. The smallest absolute Gasteiger partial charge is 0.326 e. The summed E-state index contributed by atoms with van der Waals surface area (Å²) >= 11 is 0. The summed E-state index contributed by atoms with van der Waals surface area (Å²) in [5, 5.41) is 22.6. The van der Waals surface area contributed by atoms with E-state index < -0.39 is 41.3 Å². The molecule has 5 N–H and O–H groups in total. The van der Waals surface area contributed by atoms with Gasteiger partial charge >= 0.3 is 11.9 Å². The molecule has 0 saturated carbocycles. The van der Waals surface area contributed by atoms with Crippen LogP contribution in [-0.2, 0) is 19.2 Å². The van der Waals surface area contributed by atoms with E-state index in [0.29, 0.717) is 5.56 Å². The molecule has 0 bridgehead atoms. The highest BCUT2D eigenvalue weighted by molar-refractivity contribution is 5.95. The third kappa shape index (κ3) is 6.72. The first-order chi connectivity index (χ1) is 14.9. The van der Waals surface area contributed by atoms with E-state index in [1.54, 1.807) is 20.8 Å². The molecule has 2 aromatic heterocycles. The Morgan fingerprint density at radius 2 is 1.91 bits per heavy atom. The Kier molecular flexibility index (Phi) is 7.41. The highest BCUT2D eigenvalue weighted by Gasteiger charge is 2.22. The van der Waals surface area contributed by atoms with E-state index in [2.05, 4.69) is 25.6 Å². The molecule has 0 saturated heterocycles. The quantitative estimate of drug-likeness (QED) is 0.365. The van der Waals surface area contributed by atoms with Crippen molar-refractivity contribution in [2.45, 2.75) is 39.7 Å². The molecule has 0 aliphatic heterocycles. The van der Waals surface area contributed by atoms with E-state index in [0.717, 1.165) is 6.08 Å². The predicted molar refractivity (Wildman–Crippen MR) is 114 cm³/mol. The van der Waals surface area contributed by atoms with Crippen LogP contribution in [0.4, 0.5) is 5.95 Å². The van der Waals surface area contributed by atoms with E-state index in [-0.39, 0.29) is 29.3 Å². The molecule has 2 rings (SSSR count). The van der Waals surface area contributed by atoms with Crippen LogP contribution >= 0.6 is 0 Å². The molecule has 170 valence electrons. The maximum Gasteiger partial charge on any atom is 0.326 e. The van der Waals surface area contributed by atoms with Crippen LogP contribution in [0.2, 0.25) is 0 Å². The molecule has 0 radical (unpaired) electrons. The van der Waals surface area contributed by atoms with Crippen LogP contribution in [0, 0.1) is 5.41 Å². The second-order valence-corrected chi connectivity index (χ2v) is 7.92. The Morgan fingerprint density at radius 3 is 2.50 bits per heavy atom. The number of carboxylic acids is 2. The summed E-state index contributed by atoms with van der Waals surface area (Å²) in [6, 6.07) is 0.0682. The molecule has 0 aliphatic carbocycles. The zero-order chi connectivity index (χ0) is 24.1. The van der Waals surface area contributed by atoms with E-state index >= 15 is 0 Å². The molecular weight excluding hydrogens is 422 g/mol. The molecule has 2 aromatic rings. The van der Waals surface area contributed by atoms with Gasteiger partial charge in [0.2, 0.25) is 17.8 Å². The molecule has 2 amide bonds. The Labute approximate surface area is 181 Å². The van der Waals surface area contributed by atoms with E-state index in [1.807, 2.05) is 0 Å². The number of carboxylic acid groups (broad SMARTS) is 2. The fourth-order valence-electron chi connectivity index (χ4n) is 2.40. The van der Waals surface area contributed by atoms with Gasteiger partial charge in [-0.2, -0.15) is 4.98 Å². The molecule has 32 heavy (non-hydrogen) atoms. The first kappa shape index (κ1) is 24.2. The zero-order valence-electron chi connectivity index (χ0n) is 17.6. The maximum atomic E-state index is 12.4. The number of hydrogen-bond acceptors (Lipinski definition) is 7. The Balaban J connectivity index is 2.16. The van der Waals surface area contributed by atoms with Gasteiger partial charge < -0.3 is 15.5 Å². The first-order valence-corrected chi connectivity index (χ1v) is 9.51. The molecule has 2 heterocycles. The first-order valence-electron chi connectivity index (χ1n) is 9.51. The van der Waals surface area contributed by atoms with Crippen LogP contribution in [0.25, 0.3) is 17.1 Å². The molecule has 0 aromatic carbocycles. The fraction of sp³-hybridized carbons (Fsp3) is 0.350. The van der Waals surface area contributed by atoms with Crippen molar-refractivity contribution in [3.05, 3.63) is 34.3 Å². The Hall–Kier alpha value is -4.09. The average Bonchev–Trinajstić information content (AvgIpc) is 2.68. The number of H-pyrrole nitrogens is 1. The van der Waals surface area contributed by atoms with Crippen LogP contribution in [-0.4, -0.2) is 55.0 Å². The lowest BCUT2D eigenvalue weighted by Gasteiger charge is -2.16. The standard InChI is InChI=1S/C20H23N5O7/c1-20(2,3)18(32)25-19-23-15-11(16(29)24-19)8-10(9-21-15)4-6-13(26)22-12(17(30)31)5-7-14(27)28/h4,6,8-9,12H,5,7H2,1-3H3,(H,22,26)(H,27,28)(H,30,31)(H2,21,23,24,25,29,32)/t12-/m1/s1. The van der Waals surface area contributed by atoms with Crippen molar-refractivity contribution in [1.29, 1.82) is 0 Å². The largest absolute Gasteiger partial charge is 0.481 e. The maximum absolute atomic E-state index is 12.4. The predicted octanol–water partition coefficient (Wildman–Crippen LogP) is 0.750. The summed E-state index contributed by atoms with van der Waals surface area (Å²) in [6.45, 7) is 5.12. The van der Waals surface area contributed by atoms with Gasteiger partial charge in [0, 0.05) is 24.1 Å². The highest BCUT2D eigenvalue weighted by Crippen LogP contribution is 2.16. The molecule has 0 unspecified atom stereocenters. The van der Waals surface area contributed by atoms with E-state index in [4.69, 9.17) is 10.2 Å². The number of pyridine rings is 1. The highest BCUT2D eigenvalue weighted by atomic mass is 16.4. The van der Waals surface area contributed by atoms with Gasteiger partial charge in [-0.25, -0.2) is 9.78 Å². The zero-order valence-corrected chi connectivity index (χ0v) is 17.6. The van der Waals surface area contributed by atoms with Crippen molar-refractivity contribution in [3.8, 4) is 0 Å². The Morgan fingerprint density at radius 1 is 1.22 bits per heavy atom. The van der Waals surface area contributed by atoms with Crippen molar-refractivity contribution in [2.24, 2.45) is 5.41 Å². The number of amides is 2. The lowest BCUT2D eigenvalue weighted by molar-refractivity contribution is -0.142. The second kappa shape index (κ2) is 9.81. The number of nitrogens with one attached hydrogen (secondary N) is 3. The number of nitrogens with zero attached hydrogens (tertiary/aromatic N) is 2. The number of hydrogen-bond donors (Lipinski definition) is 5. The normalized spacial score (nSPS) is 12.5. The summed E-state index contributed by atoms with van der Waals surface area (Å²) in [5.41, 5.74) is -0.794. The van der Waals surface area contributed by atoms with Gasteiger partial charge in [0.1, 0.15) is 6.04 Å². The monoisotopic (exact) mass is 445 g/mol. The minimum Gasteiger partial charge on any atom is -0.481 e. The molecule has 0 aliphatic rings. The van der Waals surface area contributed by atoms with Gasteiger partial charge in [-0.15, -0.1) is 0 Å². The van der Waals surface area contributed by atoms with Crippen molar-refractivity contribution < 1.29 is 29.4 Å². The molecule has 0 fully saturated rings. The number of rotatable bonds is 8. The van der Waals surface area contributed by atoms with Crippen molar-refractivity contribution in [2.75, 3.05) is 5.32 Å². The van der Waals surface area contributed by atoms with Crippen molar-refractivity contribution in [3.63, 3.8) is 0 Å². The number of aromatic amines is 1. The minimum atomic E-state index is -1.35. The lowest BCUT2D eigenvalue weighted by Crippen LogP contribution is -2.40. The van der Waals surface area contributed by atoms with Gasteiger partial charge in [-0.05, 0) is 24.1 Å². The van der Waals surface area contributed by atoms with Gasteiger partial charge in [0.05, 0.1) is 5.39 Å². The molecule has 0 spiro atoms.